The maximum absolute atomic E-state index is 8.82. The van der Waals surface area contributed by atoms with Crippen LogP contribution in [0.2, 0.25) is 5.02 Å². The van der Waals surface area contributed by atoms with E-state index < -0.39 is 0 Å². The molecule has 0 bridgehead atoms. The molecular formula is C15H13ClN2. The van der Waals surface area contributed by atoms with Crippen LogP contribution in [0.15, 0.2) is 36.4 Å². The number of hydrogen-bond acceptors (Lipinski definition) is 2. The number of anilines is 2. The van der Waals surface area contributed by atoms with Gasteiger partial charge in [0.1, 0.15) is 0 Å². The van der Waals surface area contributed by atoms with Gasteiger partial charge in [0, 0.05) is 16.4 Å². The van der Waals surface area contributed by atoms with Gasteiger partial charge in [-0.05, 0) is 55.3 Å². The molecule has 0 aliphatic carbocycles. The minimum Gasteiger partial charge on any atom is -0.355 e. The molecule has 0 heterocycles. The van der Waals surface area contributed by atoms with Crippen molar-refractivity contribution >= 4 is 23.0 Å². The lowest BCUT2D eigenvalue weighted by molar-refractivity contribution is 1.39. The normalized spacial score (nSPS) is 9.89. The van der Waals surface area contributed by atoms with Crippen LogP contribution >= 0.6 is 11.6 Å². The second kappa shape index (κ2) is 5.12. The highest BCUT2D eigenvalue weighted by atomic mass is 35.5. The van der Waals surface area contributed by atoms with Gasteiger partial charge >= 0.3 is 0 Å². The van der Waals surface area contributed by atoms with Crippen molar-refractivity contribution in [2.45, 2.75) is 13.8 Å². The number of halogens is 1. The average molecular weight is 257 g/mol. The summed E-state index contributed by atoms with van der Waals surface area (Å²) < 4.78 is 0. The van der Waals surface area contributed by atoms with Crippen LogP contribution in [0.4, 0.5) is 11.4 Å². The second-order valence-corrected chi connectivity index (χ2v) is 4.64. The first-order valence-corrected chi connectivity index (χ1v) is 6.02. The third-order valence-electron chi connectivity index (χ3n) is 2.81. The average Bonchev–Trinajstić information content (AvgIpc) is 2.36. The van der Waals surface area contributed by atoms with Gasteiger partial charge in [0.2, 0.25) is 0 Å². The number of nitriles is 1. The summed E-state index contributed by atoms with van der Waals surface area (Å²) in [6, 6.07) is 13.5. The van der Waals surface area contributed by atoms with Gasteiger partial charge in [-0.25, -0.2) is 0 Å². The fourth-order valence-corrected chi connectivity index (χ4v) is 1.88. The predicted molar refractivity (Wildman–Crippen MR) is 75.4 cm³/mol. The molecule has 0 saturated heterocycles. The van der Waals surface area contributed by atoms with Crippen LogP contribution in [0.5, 0.6) is 0 Å². The minimum atomic E-state index is 0.667. The van der Waals surface area contributed by atoms with Crippen LogP contribution in [0, 0.1) is 25.2 Å². The first-order valence-electron chi connectivity index (χ1n) is 5.64. The molecule has 18 heavy (non-hydrogen) atoms. The lowest BCUT2D eigenvalue weighted by Crippen LogP contribution is -1.94. The fraction of sp³-hybridized carbons (Fsp3) is 0.133. The number of benzene rings is 2. The molecule has 1 N–H and O–H groups in total. The van der Waals surface area contributed by atoms with E-state index in [1.54, 1.807) is 6.07 Å². The maximum atomic E-state index is 8.82. The summed E-state index contributed by atoms with van der Waals surface area (Å²) >= 11 is 6.08. The molecule has 0 aromatic heterocycles. The van der Waals surface area contributed by atoms with Gasteiger partial charge in [-0.1, -0.05) is 17.7 Å². The molecule has 0 saturated carbocycles. The van der Waals surface area contributed by atoms with Gasteiger partial charge in [-0.2, -0.15) is 5.26 Å². The highest BCUT2D eigenvalue weighted by Crippen LogP contribution is 2.25. The minimum absolute atomic E-state index is 0.667. The van der Waals surface area contributed by atoms with Crippen LogP contribution in [-0.4, -0.2) is 0 Å². The monoisotopic (exact) mass is 256 g/mol. The third-order valence-corrected chi connectivity index (χ3v) is 3.21. The van der Waals surface area contributed by atoms with Gasteiger partial charge < -0.3 is 5.32 Å². The van der Waals surface area contributed by atoms with E-state index >= 15 is 0 Å². The first kappa shape index (κ1) is 12.5. The summed E-state index contributed by atoms with van der Waals surface area (Å²) in [4.78, 5) is 0. The van der Waals surface area contributed by atoms with E-state index in [1.165, 1.54) is 0 Å². The van der Waals surface area contributed by atoms with E-state index in [9.17, 15) is 0 Å². The molecule has 0 radical (unpaired) electrons. The van der Waals surface area contributed by atoms with Crippen molar-refractivity contribution in [3.05, 3.63) is 58.1 Å². The number of aryl methyl sites for hydroxylation is 2. The van der Waals surface area contributed by atoms with E-state index in [1.807, 2.05) is 44.2 Å². The van der Waals surface area contributed by atoms with E-state index in [0.29, 0.717) is 5.56 Å². The molecular weight excluding hydrogens is 244 g/mol. The van der Waals surface area contributed by atoms with Crippen molar-refractivity contribution in [2.24, 2.45) is 0 Å². The molecule has 0 aliphatic rings. The molecule has 0 amide bonds. The Hall–Kier alpha value is -1.98. The molecule has 0 atom stereocenters. The quantitative estimate of drug-likeness (QED) is 0.854. The fourth-order valence-electron chi connectivity index (χ4n) is 1.70. The molecule has 90 valence electrons. The topological polar surface area (TPSA) is 35.8 Å². The Labute approximate surface area is 112 Å². The van der Waals surface area contributed by atoms with Gasteiger partial charge in [0.15, 0.2) is 0 Å². The molecule has 2 aromatic carbocycles. The molecule has 0 fully saturated rings. The van der Waals surface area contributed by atoms with Gasteiger partial charge in [-0.3, -0.25) is 0 Å². The number of nitrogens with one attached hydrogen (secondary N) is 1. The molecule has 0 unspecified atom stereocenters. The second-order valence-electron chi connectivity index (χ2n) is 4.23. The smallest absolute Gasteiger partial charge is 0.0991 e. The van der Waals surface area contributed by atoms with Gasteiger partial charge in [-0.15, -0.1) is 0 Å². The van der Waals surface area contributed by atoms with Crippen LogP contribution in [-0.2, 0) is 0 Å². The molecule has 2 aromatic rings. The van der Waals surface area contributed by atoms with Crippen molar-refractivity contribution in [3.8, 4) is 6.07 Å². The molecule has 0 aliphatic heterocycles. The number of nitrogens with zero attached hydrogens (tertiary/aromatic N) is 1. The van der Waals surface area contributed by atoms with Crippen molar-refractivity contribution < 1.29 is 0 Å². The van der Waals surface area contributed by atoms with Crippen LogP contribution in [0.3, 0.4) is 0 Å². The zero-order valence-electron chi connectivity index (χ0n) is 10.3. The summed E-state index contributed by atoms with van der Waals surface area (Å²) in [5.41, 5.74) is 4.68. The Morgan fingerprint density at radius 2 is 1.83 bits per heavy atom. The Balaban J connectivity index is 2.29. The largest absolute Gasteiger partial charge is 0.355 e. The lowest BCUT2D eigenvalue weighted by atomic mass is 10.1. The summed E-state index contributed by atoms with van der Waals surface area (Å²) in [7, 11) is 0. The van der Waals surface area contributed by atoms with E-state index in [4.69, 9.17) is 16.9 Å². The summed E-state index contributed by atoms with van der Waals surface area (Å²) in [6.45, 7) is 3.94. The maximum Gasteiger partial charge on any atom is 0.0991 e. The zero-order chi connectivity index (χ0) is 13.1. The van der Waals surface area contributed by atoms with Crippen molar-refractivity contribution in [2.75, 3.05) is 5.32 Å². The standard InChI is InChI=1S/C15H13ClN2/c1-10-3-5-13(8-14(10)16)18-15-6-4-12(9-17)7-11(15)2/h3-8,18H,1-2H3. The first-order chi connectivity index (χ1) is 8.60. The van der Waals surface area contributed by atoms with Crippen LogP contribution in [0.25, 0.3) is 0 Å². The van der Waals surface area contributed by atoms with Crippen LogP contribution < -0.4 is 5.32 Å². The van der Waals surface area contributed by atoms with E-state index in [-0.39, 0.29) is 0 Å². The van der Waals surface area contributed by atoms with E-state index in [2.05, 4.69) is 11.4 Å². The number of hydrogen-bond donors (Lipinski definition) is 1. The van der Waals surface area contributed by atoms with E-state index in [0.717, 1.165) is 27.5 Å². The number of rotatable bonds is 2. The SMILES string of the molecule is Cc1ccc(Nc2ccc(C#N)cc2C)cc1Cl. The Morgan fingerprint density at radius 3 is 2.44 bits per heavy atom. The Kier molecular flexibility index (Phi) is 3.55. The molecule has 2 nitrogen and oxygen atoms in total. The van der Waals surface area contributed by atoms with Gasteiger partial charge in [0.25, 0.3) is 0 Å². The van der Waals surface area contributed by atoms with Crippen LogP contribution in [0.1, 0.15) is 16.7 Å². The van der Waals surface area contributed by atoms with Crippen molar-refractivity contribution in [1.82, 2.24) is 0 Å². The Morgan fingerprint density at radius 1 is 1.06 bits per heavy atom. The summed E-state index contributed by atoms with van der Waals surface area (Å²) in [6.07, 6.45) is 0. The van der Waals surface area contributed by atoms with Crippen molar-refractivity contribution in [1.29, 1.82) is 5.26 Å². The third kappa shape index (κ3) is 2.64. The highest BCUT2D eigenvalue weighted by molar-refractivity contribution is 6.31. The predicted octanol–water partition coefficient (Wildman–Crippen LogP) is 4.57. The lowest BCUT2D eigenvalue weighted by Gasteiger charge is -2.10. The zero-order valence-corrected chi connectivity index (χ0v) is 11.0. The Bertz CT molecular complexity index is 627. The molecule has 0 spiro atoms. The molecule has 2 rings (SSSR count). The van der Waals surface area contributed by atoms with Gasteiger partial charge in [0.05, 0.1) is 11.6 Å². The highest BCUT2D eigenvalue weighted by Gasteiger charge is 2.02. The summed E-state index contributed by atoms with van der Waals surface area (Å²) in [5.74, 6) is 0. The molecule has 3 heteroatoms. The van der Waals surface area contributed by atoms with Crippen molar-refractivity contribution in [3.63, 3.8) is 0 Å². The summed E-state index contributed by atoms with van der Waals surface area (Å²) in [5, 5.41) is 12.9.